The minimum absolute atomic E-state index is 0. The van der Waals surface area contributed by atoms with E-state index < -0.39 is 12.9 Å². The van der Waals surface area contributed by atoms with Gasteiger partial charge in [0.05, 0.1) is 31.2 Å². The second-order valence-electron chi connectivity index (χ2n) is 6.73. The maximum atomic E-state index is 13.0. The molecule has 0 radical (unpaired) electrons. The summed E-state index contributed by atoms with van der Waals surface area (Å²) < 4.78 is 29.0. The minimum Gasteiger partial charge on any atom is -1.00 e. The van der Waals surface area contributed by atoms with Crippen LogP contribution in [0, 0.1) is 0 Å². The number of quaternary nitrogens is 1. The molecular weight excluding hydrogens is 425 g/mol. The second kappa shape index (κ2) is 8.81. The van der Waals surface area contributed by atoms with E-state index in [0.717, 1.165) is 11.1 Å². The van der Waals surface area contributed by atoms with Crippen LogP contribution < -0.4 is 24.0 Å². The van der Waals surface area contributed by atoms with Gasteiger partial charge in [0.15, 0.2) is 0 Å². The van der Waals surface area contributed by atoms with Crippen molar-refractivity contribution in [3.8, 4) is 0 Å². The fourth-order valence-electron chi connectivity index (χ4n) is 3.22. The van der Waals surface area contributed by atoms with Crippen LogP contribution in [0.25, 0.3) is 0 Å². The Hall–Kier alpha value is -1.40. The Morgan fingerprint density at radius 1 is 1.04 bits per heavy atom. The first-order chi connectivity index (χ1) is 12.8. The Kier molecular flexibility index (Phi) is 5.57. The Morgan fingerprint density at radius 3 is 1.96 bits per heavy atom. The molecule has 0 unspecified atom stereocenters. The Bertz CT molecular complexity index is 721. The van der Waals surface area contributed by atoms with Gasteiger partial charge in [-0.3, -0.25) is 4.79 Å². The van der Waals surface area contributed by atoms with Crippen LogP contribution in [0.3, 0.4) is 0 Å². The number of likely N-dealkylation sites (tertiary alicyclic amines) is 1. The number of hydrogen-bond acceptors (Lipinski definition) is 2. The van der Waals surface area contributed by atoms with Gasteiger partial charge in [-0.05, 0) is 11.1 Å². The van der Waals surface area contributed by atoms with Gasteiger partial charge in [-0.1, -0.05) is 60.7 Å². The van der Waals surface area contributed by atoms with E-state index in [-0.39, 0.29) is 40.5 Å². The van der Waals surface area contributed by atoms with Gasteiger partial charge < -0.3 is 33.2 Å². The highest BCUT2D eigenvalue weighted by atomic mass is 127. The molecule has 1 aliphatic rings. The van der Waals surface area contributed by atoms with E-state index in [1.54, 1.807) is 7.05 Å². The van der Waals surface area contributed by atoms with Gasteiger partial charge in [0, 0.05) is 12.8 Å². The van der Waals surface area contributed by atoms with E-state index in [1.165, 1.54) is 0 Å². The summed E-state index contributed by atoms with van der Waals surface area (Å²) in [6.07, 6.45) is 0.898. The largest absolute Gasteiger partial charge is 1.00 e. The quantitative estimate of drug-likeness (QED) is 0.385. The van der Waals surface area contributed by atoms with Crippen molar-refractivity contribution < 1.29 is 42.1 Å². The molecule has 1 aliphatic heterocycles. The molecule has 0 aromatic heterocycles. The topological polar surface area (TPSA) is 26.3 Å². The molecule has 1 saturated heterocycles. The summed E-state index contributed by atoms with van der Waals surface area (Å²) >= 11 is 0. The van der Waals surface area contributed by atoms with Crippen molar-refractivity contribution in [2.24, 2.45) is 0 Å². The summed E-state index contributed by atoms with van der Waals surface area (Å²) in [6.45, 7) is -1.07. The lowest BCUT2D eigenvalue weighted by Crippen LogP contribution is -3.00. The van der Waals surface area contributed by atoms with Crippen molar-refractivity contribution in [3.05, 3.63) is 71.8 Å². The number of hydrogen-bond donors (Lipinski definition) is 0. The lowest BCUT2D eigenvalue weighted by molar-refractivity contribution is -0.896. The summed E-state index contributed by atoms with van der Waals surface area (Å²) in [5, 5.41) is 0. The van der Waals surface area contributed by atoms with Gasteiger partial charge in [0.25, 0.3) is 0 Å². The van der Waals surface area contributed by atoms with Crippen molar-refractivity contribution >= 4 is 5.97 Å². The minimum atomic E-state index is -2.04. The maximum Gasteiger partial charge on any atom is 0.318 e. The van der Waals surface area contributed by atoms with Crippen LogP contribution in [-0.2, 0) is 9.53 Å². The van der Waals surface area contributed by atoms with Gasteiger partial charge in [0.1, 0.15) is 12.0 Å². The van der Waals surface area contributed by atoms with Crippen LogP contribution in [0.1, 0.15) is 34.0 Å². The summed E-state index contributed by atoms with van der Waals surface area (Å²) in [7, 11) is 1.75. The number of benzene rings is 2. The first-order valence-corrected chi connectivity index (χ1v) is 8.45. The van der Waals surface area contributed by atoms with Gasteiger partial charge in [-0.2, -0.15) is 0 Å². The molecule has 3 rings (SSSR count). The number of rotatable bonds is 4. The smallest absolute Gasteiger partial charge is 0.318 e. The van der Waals surface area contributed by atoms with E-state index in [2.05, 4.69) is 0 Å². The maximum absolute atomic E-state index is 13.0. The average molecular weight is 454 g/mol. The van der Waals surface area contributed by atoms with Gasteiger partial charge >= 0.3 is 5.97 Å². The third-order valence-corrected chi connectivity index (χ3v) is 4.67. The van der Waals surface area contributed by atoms with Crippen molar-refractivity contribution in [1.29, 1.82) is 0 Å². The van der Waals surface area contributed by atoms with Crippen LogP contribution in [0.15, 0.2) is 60.7 Å². The summed E-state index contributed by atoms with van der Waals surface area (Å²) in [4.78, 5) is 13.0. The molecule has 0 spiro atoms. The zero-order chi connectivity index (χ0) is 19.5. The molecule has 25 heavy (non-hydrogen) atoms. The van der Waals surface area contributed by atoms with Crippen LogP contribution in [0.4, 0.5) is 0 Å². The van der Waals surface area contributed by atoms with Crippen molar-refractivity contribution in [2.45, 2.75) is 24.9 Å². The SMILES string of the molecule is [2H]C([2H])([2H])[N+]1(C)CCC(OC(=O)C(c2ccccc2)c2ccccc2)CC1.[I-]. The van der Waals surface area contributed by atoms with E-state index >= 15 is 0 Å². The summed E-state index contributed by atoms with van der Waals surface area (Å²) in [5.41, 5.74) is 1.79. The molecule has 0 atom stereocenters. The highest BCUT2D eigenvalue weighted by Crippen LogP contribution is 2.28. The van der Waals surface area contributed by atoms with E-state index in [9.17, 15) is 4.79 Å². The van der Waals surface area contributed by atoms with Crippen molar-refractivity contribution in [3.63, 3.8) is 0 Å². The number of carbonyl (C=O) groups excluding carboxylic acids is 1. The standard InChI is InChI=1S/C21H26NO2.HI/c1-22(2)15-13-19(14-16-22)24-21(23)20(17-9-5-3-6-10-17)18-11-7-4-8-12-18;/h3-12,19-20H,13-16H2,1-2H3;1H/q+1;/p-1/i1D3;. The number of esters is 1. The third-order valence-electron chi connectivity index (χ3n) is 4.67. The van der Waals surface area contributed by atoms with Crippen LogP contribution in [0.5, 0.6) is 0 Å². The number of nitrogens with zero attached hydrogens (tertiary/aromatic N) is 1. The molecule has 0 amide bonds. The van der Waals surface area contributed by atoms with Gasteiger partial charge in [-0.25, -0.2) is 0 Å². The van der Waals surface area contributed by atoms with Gasteiger partial charge in [-0.15, -0.1) is 0 Å². The zero-order valence-electron chi connectivity index (χ0n) is 17.4. The summed E-state index contributed by atoms with van der Waals surface area (Å²) in [6, 6.07) is 19.2. The fraction of sp³-hybridized carbons (Fsp3) is 0.381. The molecule has 0 aliphatic carbocycles. The average Bonchev–Trinajstić information content (AvgIpc) is 2.65. The molecule has 4 heteroatoms. The molecule has 3 nitrogen and oxygen atoms in total. The molecule has 2 aromatic rings. The predicted octanol–water partition coefficient (Wildman–Crippen LogP) is 0.605. The Morgan fingerprint density at radius 2 is 1.52 bits per heavy atom. The highest BCUT2D eigenvalue weighted by molar-refractivity contribution is 5.82. The number of piperidine rings is 1. The molecular formula is C21H26INO2. The van der Waals surface area contributed by atoms with E-state index in [0.29, 0.717) is 25.9 Å². The normalized spacial score (nSPS) is 25.2. The Labute approximate surface area is 171 Å². The van der Waals surface area contributed by atoms with Crippen LogP contribution in [-0.4, -0.2) is 43.7 Å². The first kappa shape index (κ1) is 15.8. The van der Waals surface area contributed by atoms with Crippen molar-refractivity contribution in [2.75, 3.05) is 27.1 Å². The molecule has 0 bridgehead atoms. The molecule has 0 saturated carbocycles. The predicted molar refractivity (Wildman–Crippen MR) is 95.7 cm³/mol. The van der Waals surface area contributed by atoms with Crippen LogP contribution >= 0.6 is 0 Å². The van der Waals surface area contributed by atoms with E-state index in [1.807, 2.05) is 60.7 Å². The molecule has 1 heterocycles. The zero-order valence-corrected chi connectivity index (χ0v) is 16.6. The lowest BCUT2D eigenvalue weighted by Gasteiger charge is -2.37. The fourth-order valence-corrected chi connectivity index (χ4v) is 3.22. The Balaban J connectivity index is 0.00000280. The number of carbonyl (C=O) groups is 1. The first-order valence-electron chi connectivity index (χ1n) is 9.95. The molecule has 134 valence electrons. The highest BCUT2D eigenvalue weighted by Gasteiger charge is 2.31. The van der Waals surface area contributed by atoms with Gasteiger partial charge in [0.2, 0.25) is 0 Å². The molecule has 1 fully saturated rings. The van der Waals surface area contributed by atoms with E-state index in [4.69, 9.17) is 8.85 Å². The van der Waals surface area contributed by atoms with Crippen molar-refractivity contribution in [1.82, 2.24) is 0 Å². The molecule has 0 N–H and O–H groups in total. The van der Waals surface area contributed by atoms with Crippen LogP contribution in [0.2, 0.25) is 0 Å². The summed E-state index contributed by atoms with van der Waals surface area (Å²) in [5.74, 6) is -0.750. The second-order valence-corrected chi connectivity index (χ2v) is 6.73. The number of halogens is 1. The third kappa shape index (κ3) is 5.28. The lowest BCUT2D eigenvalue weighted by atomic mass is 9.91. The monoisotopic (exact) mass is 454 g/mol. The molecule has 2 aromatic carbocycles. The number of ether oxygens (including phenoxy) is 1.